The third kappa shape index (κ3) is 2.68. The van der Waals surface area contributed by atoms with Crippen molar-refractivity contribution >= 4 is 46.1 Å². The van der Waals surface area contributed by atoms with Crippen LogP contribution in [0.15, 0.2) is 5.38 Å². The van der Waals surface area contributed by atoms with E-state index in [1.807, 2.05) is 12.3 Å². The molecule has 6 heteroatoms. The molecule has 1 amide bonds. The number of hydrogen-bond donors (Lipinski definition) is 2. The first-order chi connectivity index (χ1) is 8.50. The molecule has 0 aliphatic heterocycles. The molecule has 0 saturated heterocycles. The van der Waals surface area contributed by atoms with E-state index in [1.54, 1.807) is 0 Å². The van der Waals surface area contributed by atoms with E-state index in [9.17, 15) is 4.79 Å². The Morgan fingerprint density at radius 2 is 2.33 bits per heavy atom. The predicted molar refractivity (Wildman–Crippen MR) is 79.4 cm³/mol. The second-order valence-electron chi connectivity index (χ2n) is 4.58. The van der Waals surface area contributed by atoms with Gasteiger partial charge in [-0.15, -0.1) is 11.3 Å². The van der Waals surface area contributed by atoms with Crippen molar-refractivity contribution in [3.8, 4) is 0 Å². The number of aryl methyl sites for hydroxylation is 1. The van der Waals surface area contributed by atoms with Crippen molar-refractivity contribution in [3.05, 3.63) is 20.8 Å². The van der Waals surface area contributed by atoms with E-state index >= 15 is 0 Å². The molecule has 1 aliphatic carbocycles. The van der Waals surface area contributed by atoms with Crippen LogP contribution in [0.3, 0.4) is 0 Å². The van der Waals surface area contributed by atoms with Crippen molar-refractivity contribution in [1.82, 2.24) is 5.32 Å². The highest BCUT2D eigenvalue weighted by Crippen LogP contribution is 2.29. The molecular weight excluding hydrogens is 288 g/mol. The Bertz CT molecular complexity index is 486. The van der Waals surface area contributed by atoms with Crippen LogP contribution in [0.25, 0.3) is 0 Å². The maximum Gasteiger partial charge on any atom is 0.263 e. The molecule has 0 spiro atoms. The van der Waals surface area contributed by atoms with Gasteiger partial charge in [0.05, 0.1) is 10.0 Å². The molecule has 2 unspecified atom stereocenters. The summed E-state index contributed by atoms with van der Waals surface area (Å²) >= 11 is 12.5. The van der Waals surface area contributed by atoms with Gasteiger partial charge in [0.2, 0.25) is 0 Å². The maximum atomic E-state index is 12.1. The van der Waals surface area contributed by atoms with Crippen molar-refractivity contribution < 1.29 is 4.79 Å². The van der Waals surface area contributed by atoms with Gasteiger partial charge in [0.15, 0.2) is 0 Å². The van der Waals surface area contributed by atoms with Gasteiger partial charge in [-0.1, -0.05) is 30.2 Å². The molecule has 1 aromatic rings. The molecule has 3 N–H and O–H groups in total. The van der Waals surface area contributed by atoms with Crippen molar-refractivity contribution in [2.24, 2.45) is 11.7 Å². The van der Waals surface area contributed by atoms with Crippen LogP contribution in [0.2, 0.25) is 5.02 Å². The average Bonchev–Trinajstić information content (AvgIpc) is 2.88. The van der Waals surface area contributed by atoms with Crippen molar-refractivity contribution in [2.75, 3.05) is 0 Å². The summed E-state index contributed by atoms with van der Waals surface area (Å²) < 4.78 is 0. The van der Waals surface area contributed by atoms with E-state index < -0.39 is 0 Å². The number of nitrogens with one attached hydrogen (secondary N) is 1. The van der Waals surface area contributed by atoms with Gasteiger partial charge < -0.3 is 11.1 Å². The fraction of sp³-hybridized carbons (Fsp3) is 0.500. The van der Waals surface area contributed by atoms with E-state index in [4.69, 9.17) is 29.6 Å². The highest BCUT2D eigenvalue weighted by Gasteiger charge is 2.31. The number of amides is 1. The molecule has 1 saturated carbocycles. The Hall–Kier alpha value is -0.650. The van der Waals surface area contributed by atoms with Crippen LogP contribution in [0.1, 0.15) is 34.5 Å². The van der Waals surface area contributed by atoms with Gasteiger partial charge in [-0.05, 0) is 30.7 Å². The van der Waals surface area contributed by atoms with Gasteiger partial charge in [0.1, 0.15) is 4.88 Å². The largest absolute Gasteiger partial charge is 0.393 e. The normalized spacial score (nSPS) is 23.0. The van der Waals surface area contributed by atoms with Crippen molar-refractivity contribution in [2.45, 2.75) is 32.2 Å². The number of carbonyl (C=O) groups is 1. The lowest BCUT2D eigenvalue weighted by Crippen LogP contribution is -2.41. The van der Waals surface area contributed by atoms with Gasteiger partial charge in [-0.3, -0.25) is 4.79 Å². The molecule has 98 valence electrons. The van der Waals surface area contributed by atoms with Crippen molar-refractivity contribution in [3.63, 3.8) is 0 Å². The number of rotatable bonds is 3. The van der Waals surface area contributed by atoms with Crippen LogP contribution < -0.4 is 11.1 Å². The summed E-state index contributed by atoms with van der Waals surface area (Å²) in [7, 11) is 0. The number of thiocarbonyl (C=S) groups is 1. The van der Waals surface area contributed by atoms with Gasteiger partial charge in [-0.2, -0.15) is 0 Å². The molecule has 1 heterocycles. The van der Waals surface area contributed by atoms with Gasteiger partial charge in [0.25, 0.3) is 5.91 Å². The second kappa shape index (κ2) is 5.55. The maximum absolute atomic E-state index is 12.1. The first-order valence-electron chi connectivity index (χ1n) is 5.84. The Morgan fingerprint density at radius 1 is 1.61 bits per heavy atom. The molecule has 0 bridgehead atoms. The molecule has 0 radical (unpaired) electrons. The van der Waals surface area contributed by atoms with Gasteiger partial charge in [-0.25, -0.2) is 0 Å². The summed E-state index contributed by atoms with van der Waals surface area (Å²) in [6.07, 6.45) is 2.93. The molecular formula is C12H15ClN2OS2. The van der Waals surface area contributed by atoms with Crippen molar-refractivity contribution in [1.29, 1.82) is 0 Å². The molecule has 3 nitrogen and oxygen atoms in total. The Morgan fingerprint density at radius 3 is 2.89 bits per heavy atom. The van der Waals surface area contributed by atoms with Crippen LogP contribution in [0.4, 0.5) is 0 Å². The first-order valence-corrected chi connectivity index (χ1v) is 7.51. The predicted octanol–water partition coefficient (Wildman–Crippen LogP) is 2.89. The quantitative estimate of drug-likeness (QED) is 0.844. The fourth-order valence-corrected chi connectivity index (χ4v) is 3.75. The molecule has 2 rings (SSSR count). The smallest absolute Gasteiger partial charge is 0.263 e. The summed E-state index contributed by atoms with van der Waals surface area (Å²) in [6.45, 7) is 1.89. The summed E-state index contributed by atoms with van der Waals surface area (Å²) in [5.74, 6) is -0.00460. The summed E-state index contributed by atoms with van der Waals surface area (Å²) in [5.41, 5.74) is 6.63. The number of halogens is 1. The van der Waals surface area contributed by atoms with E-state index in [-0.39, 0.29) is 17.9 Å². The van der Waals surface area contributed by atoms with Crippen LogP contribution in [0, 0.1) is 12.8 Å². The lowest BCUT2D eigenvalue weighted by atomic mass is 10.0. The lowest BCUT2D eigenvalue weighted by molar-refractivity contribution is 0.0938. The topological polar surface area (TPSA) is 55.1 Å². The minimum atomic E-state index is -0.119. The fourth-order valence-electron chi connectivity index (χ4n) is 2.29. The molecule has 1 aliphatic rings. The average molecular weight is 303 g/mol. The zero-order chi connectivity index (χ0) is 13.3. The van der Waals surface area contributed by atoms with Crippen LogP contribution in [-0.2, 0) is 0 Å². The number of hydrogen-bond acceptors (Lipinski definition) is 3. The molecule has 18 heavy (non-hydrogen) atoms. The van der Waals surface area contributed by atoms with Crippen LogP contribution >= 0.6 is 35.2 Å². The standard InChI is InChI=1S/C12H15ClN2OS2/c1-6-5-18-10(9(6)13)12(16)15-8-4-2-3-7(8)11(14)17/h5,7-8H,2-4H2,1H3,(H2,14,17)(H,15,16). The summed E-state index contributed by atoms with van der Waals surface area (Å²) in [5, 5.41) is 5.43. The second-order valence-corrected chi connectivity index (χ2v) is 6.31. The SMILES string of the molecule is Cc1csc(C(=O)NC2CCCC2C(N)=S)c1Cl. The highest BCUT2D eigenvalue weighted by atomic mass is 35.5. The zero-order valence-electron chi connectivity index (χ0n) is 10.0. The van der Waals surface area contributed by atoms with E-state index in [2.05, 4.69) is 5.32 Å². The number of nitrogens with two attached hydrogens (primary N) is 1. The third-order valence-corrected chi connectivity index (χ3v) is 5.30. The Labute approximate surface area is 121 Å². The van der Waals surface area contributed by atoms with E-state index in [0.717, 1.165) is 24.8 Å². The zero-order valence-corrected chi connectivity index (χ0v) is 12.4. The van der Waals surface area contributed by atoms with Crippen LogP contribution in [-0.4, -0.2) is 16.9 Å². The number of carbonyl (C=O) groups excluding carboxylic acids is 1. The molecule has 0 aromatic carbocycles. The first kappa shape index (κ1) is 13.8. The monoisotopic (exact) mass is 302 g/mol. The Kier molecular flexibility index (Phi) is 4.25. The van der Waals surface area contributed by atoms with E-state index in [1.165, 1.54) is 11.3 Å². The summed E-state index contributed by atoms with van der Waals surface area (Å²) in [4.78, 5) is 13.2. The van der Waals surface area contributed by atoms with Gasteiger partial charge >= 0.3 is 0 Å². The number of thiophene rings is 1. The van der Waals surface area contributed by atoms with Gasteiger partial charge in [0, 0.05) is 12.0 Å². The van der Waals surface area contributed by atoms with Crippen LogP contribution in [0.5, 0.6) is 0 Å². The minimum absolute atomic E-state index is 0.0495. The molecule has 1 fully saturated rings. The lowest BCUT2D eigenvalue weighted by Gasteiger charge is -2.19. The third-order valence-electron chi connectivity index (χ3n) is 3.30. The highest BCUT2D eigenvalue weighted by molar-refractivity contribution is 7.80. The molecule has 2 atom stereocenters. The summed E-state index contributed by atoms with van der Waals surface area (Å²) in [6, 6.07) is 0.0495. The molecule has 1 aromatic heterocycles. The minimum Gasteiger partial charge on any atom is -0.393 e. The Balaban J connectivity index is 2.08. The van der Waals surface area contributed by atoms with E-state index in [0.29, 0.717) is 14.9 Å².